The first-order valence-corrected chi connectivity index (χ1v) is 2.59. The molecule has 0 aliphatic heterocycles. The van der Waals surface area contributed by atoms with Crippen LogP contribution in [0.3, 0.4) is 0 Å². The van der Waals surface area contributed by atoms with Crippen molar-refractivity contribution in [1.82, 2.24) is 0 Å². The summed E-state index contributed by atoms with van der Waals surface area (Å²) in [5.41, 5.74) is 0.331. The summed E-state index contributed by atoms with van der Waals surface area (Å²) in [6.45, 7) is 0. The molecule has 1 aromatic rings. The van der Waals surface area contributed by atoms with E-state index in [-0.39, 0.29) is 35.8 Å². The van der Waals surface area contributed by atoms with Crippen molar-refractivity contribution >= 4 is 5.97 Å². The number of carboxylic acid groups (broad SMARTS) is 1. The Hall–Kier alpha value is -0.806. The van der Waals surface area contributed by atoms with Crippen molar-refractivity contribution in [3.05, 3.63) is 35.9 Å². The number of hydrogen-bond acceptors (Lipinski definition) is 1. The third kappa shape index (κ3) is 7.55. The Morgan fingerprint density at radius 2 is 1.38 bits per heavy atom. The Labute approximate surface area is 87.9 Å². The number of halogens is 3. The summed E-state index contributed by atoms with van der Waals surface area (Å²) in [7, 11) is 0. The molecule has 6 heteroatoms. The Morgan fingerprint density at radius 1 is 1.00 bits per heavy atom. The fourth-order valence-electron chi connectivity index (χ4n) is 0.581. The van der Waals surface area contributed by atoms with Gasteiger partial charge in [0.05, 0.1) is 5.56 Å². The first kappa shape index (κ1) is 22.8. The second-order valence-corrected chi connectivity index (χ2v) is 1.67. The second-order valence-electron chi connectivity index (χ2n) is 1.67. The van der Waals surface area contributed by atoms with Gasteiger partial charge in [0, 0.05) is 21.7 Å². The van der Waals surface area contributed by atoms with Gasteiger partial charge in [0.1, 0.15) is 0 Å². The van der Waals surface area contributed by atoms with E-state index in [0.717, 1.165) is 0 Å². The van der Waals surface area contributed by atoms with Crippen LogP contribution in [0.2, 0.25) is 0 Å². The first-order chi connectivity index (χ1) is 4.30. The van der Waals surface area contributed by atoms with Crippen molar-refractivity contribution in [3.8, 4) is 0 Å². The molecule has 1 N–H and O–H groups in total. The van der Waals surface area contributed by atoms with E-state index in [9.17, 15) is 4.79 Å². The van der Waals surface area contributed by atoms with Crippen LogP contribution in [-0.2, 0) is 21.7 Å². The molecule has 0 aliphatic rings. The maximum absolute atomic E-state index is 10.2. The van der Waals surface area contributed by atoms with Gasteiger partial charge in [-0.15, -0.1) is 0 Å². The van der Waals surface area contributed by atoms with Gasteiger partial charge >= 0.3 is 5.97 Å². The Morgan fingerprint density at radius 3 is 1.62 bits per heavy atom. The quantitative estimate of drug-likeness (QED) is 0.747. The maximum Gasteiger partial charge on any atom is 0.335 e. The van der Waals surface area contributed by atoms with Gasteiger partial charge in [0.2, 0.25) is 0 Å². The summed E-state index contributed by atoms with van der Waals surface area (Å²) in [6, 6.07) is 8.30. The number of carbonyl (C=O) groups is 1. The van der Waals surface area contributed by atoms with Crippen LogP contribution in [0.15, 0.2) is 30.3 Å². The Bertz CT molecular complexity index is 218. The van der Waals surface area contributed by atoms with Gasteiger partial charge in [-0.1, -0.05) is 18.2 Å². The molecule has 0 aliphatic carbocycles. The van der Waals surface area contributed by atoms with Crippen LogP contribution in [0.1, 0.15) is 10.4 Å². The van der Waals surface area contributed by atoms with Crippen LogP contribution in [0.4, 0.5) is 14.1 Å². The molecule has 0 aromatic heterocycles. The van der Waals surface area contributed by atoms with E-state index in [4.69, 9.17) is 5.11 Å². The average molecular weight is 230 g/mol. The second kappa shape index (κ2) is 11.2. The average Bonchev–Trinajstić information content (AvgIpc) is 1.90. The third-order valence-corrected chi connectivity index (χ3v) is 1.02. The predicted molar refractivity (Wildman–Crippen MR) is 40.9 cm³/mol. The summed E-state index contributed by atoms with van der Waals surface area (Å²) < 4.78 is 0. The number of carboxylic acids is 1. The monoisotopic (exact) mass is 230 g/mol. The van der Waals surface area contributed by atoms with Crippen molar-refractivity contribution in [2.75, 3.05) is 0 Å². The zero-order valence-electron chi connectivity index (χ0n) is 6.47. The van der Waals surface area contributed by atoms with E-state index in [1.54, 1.807) is 30.3 Å². The fraction of sp³-hybridized carbons (Fsp3) is 0. The van der Waals surface area contributed by atoms with Crippen molar-refractivity contribution in [3.63, 3.8) is 0 Å². The van der Waals surface area contributed by atoms with E-state index in [1.807, 2.05) is 0 Å². The zero-order valence-corrected chi connectivity index (χ0v) is 8.03. The number of benzene rings is 1. The molecule has 0 saturated heterocycles. The molecule has 1 aromatic carbocycles. The van der Waals surface area contributed by atoms with Gasteiger partial charge in [0.15, 0.2) is 0 Å². The van der Waals surface area contributed by atoms with Crippen molar-refractivity contribution in [1.29, 1.82) is 0 Å². The fourth-order valence-corrected chi connectivity index (χ4v) is 0.581. The van der Waals surface area contributed by atoms with E-state index in [2.05, 4.69) is 0 Å². The molecule has 0 atom stereocenters. The Kier molecular flexibility index (Phi) is 19.6. The van der Waals surface area contributed by atoms with Gasteiger partial charge in [-0.05, 0) is 12.1 Å². The SMILES string of the molecule is F.F.F.O=C(O)c1ccccc1.[Ti]. The van der Waals surface area contributed by atoms with Crippen LogP contribution in [0.25, 0.3) is 0 Å². The summed E-state index contributed by atoms with van der Waals surface area (Å²) in [5.74, 6) is -0.879. The summed E-state index contributed by atoms with van der Waals surface area (Å²) in [4.78, 5) is 10.2. The normalized spacial score (nSPS) is 6.15. The smallest absolute Gasteiger partial charge is 0.335 e. The van der Waals surface area contributed by atoms with Gasteiger partial charge < -0.3 is 5.11 Å². The molecular formula is C7H9F3O2Ti. The number of rotatable bonds is 1. The molecule has 0 heterocycles. The van der Waals surface area contributed by atoms with E-state index < -0.39 is 5.97 Å². The predicted octanol–water partition coefficient (Wildman–Crippen LogP) is 1.84. The minimum absolute atomic E-state index is 0. The third-order valence-electron chi connectivity index (χ3n) is 1.02. The largest absolute Gasteiger partial charge is 0.478 e. The topological polar surface area (TPSA) is 37.3 Å². The van der Waals surface area contributed by atoms with Gasteiger partial charge in [-0.2, -0.15) is 0 Å². The van der Waals surface area contributed by atoms with E-state index in [0.29, 0.717) is 5.56 Å². The minimum atomic E-state index is -0.879. The molecule has 0 bridgehead atoms. The molecule has 0 fully saturated rings. The summed E-state index contributed by atoms with van der Waals surface area (Å²) in [5, 5.41) is 8.38. The number of hydrogen-bond donors (Lipinski definition) is 1. The standard InChI is InChI=1S/C7H6O2.3FH.Ti/c8-7(9)6-4-2-1-3-5-6;;;;/h1-5H,(H,8,9);3*1H;. The van der Waals surface area contributed by atoms with Crippen molar-refractivity contribution < 1.29 is 45.7 Å². The molecule has 0 unspecified atom stereocenters. The van der Waals surface area contributed by atoms with Crippen LogP contribution >= 0.6 is 0 Å². The molecule has 0 saturated carbocycles. The Balaban J connectivity index is -0.000000101. The maximum atomic E-state index is 10.2. The van der Waals surface area contributed by atoms with E-state index in [1.165, 1.54) is 0 Å². The summed E-state index contributed by atoms with van der Waals surface area (Å²) >= 11 is 0. The molecular weight excluding hydrogens is 221 g/mol. The van der Waals surface area contributed by atoms with Crippen LogP contribution < -0.4 is 0 Å². The molecule has 13 heavy (non-hydrogen) atoms. The molecule has 74 valence electrons. The zero-order chi connectivity index (χ0) is 6.69. The van der Waals surface area contributed by atoms with Gasteiger partial charge in [-0.25, -0.2) is 4.79 Å². The van der Waals surface area contributed by atoms with Gasteiger partial charge in [-0.3, -0.25) is 14.1 Å². The first-order valence-electron chi connectivity index (χ1n) is 2.59. The molecule has 0 amide bonds. The van der Waals surface area contributed by atoms with Crippen LogP contribution in [-0.4, -0.2) is 11.1 Å². The molecule has 0 radical (unpaired) electrons. The van der Waals surface area contributed by atoms with Crippen LogP contribution in [0.5, 0.6) is 0 Å². The number of aromatic carboxylic acids is 1. The van der Waals surface area contributed by atoms with E-state index >= 15 is 0 Å². The minimum Gasteiger partial charge on any atom is -0.478 e. The molecule has 1 rings (SSSR count). The van der Waals surface area contributed by atoms with Crippen LogP contribution in [0, 0.1) is 0 Å². The summed E-state index contributed by atoms with van der Waals surface area (Å²) in [6.07, 6.45) is 0. The van der Waals surface area contributed by atoms with Crippen molar-refractivity contribution in [2.45, 2.75) is 0 Å². The van der Waals surface area contributed by atoms with Gasteiger partial charge in [0.25, 0.3) is 0 Å². The molecule has 0 spiro atoms. The van der Waals surface area contributed by atoms with Crippen molar-refractivity contribution in [2.24, 2.45) is 0 Å². The molecule has 2 nitrogen and oxygen atoms in total.